The zero-order chi connectivity index (χ0) is 20.0. The number of hydrogen-bond donors (Lipinski definition) is 1. The fourth-order valence-electron chi connectivity index (χ4n) is 3.43. The molecule has 2 aromatic heterocycles. The van der Waals surface area contributed by atoms with Crippen LogP contribution in [0.3, 0.4) is 0 Å². The molecule has 3 rings (SSSR count). The van der Waals surface area contributed by atoms with Gasteiger partial charge in [0, 0.05) is 24.5 Å². The average molecular weight is 379 g/mol. The molecule has 7 heteroatoms. The van der Waals surface area contributed by atoms with Crippen molar-refractivity contribution < 1.29 is 9.28 Å². The highest BCUT2D eigenvalue weighted by molar-refractivity contribution is 5.78. The third-order valence-corrected chi connectivity index (χ3v) is 5.02. The van der Waals surface area contributed by atoms with Crippen LogP contribution in [0.5, 0.6) is 0 Å². The number of carbonyl (C=O) groups excluding carboxylic acids is 1. The fraction of sp³-hybridized carbons (Fsp3) is 0.429. The number of likely N-dealkylation sites (N-methyl/N-ethyl adjacent to an activating group) is 1. The number of anilines is 1. The van der Waals surface area contributed by atoms with E-state index in [-0.39, 0.29) is 11.9 Å². The standard InChI is InChI=1S/C21H27N6O/c1-27(2,16-21(28)26-12-5-7-18(26)14-22)13-11-24-20-9-3-8-19(25-20)17-6-4-10-23-15-17/h3-4,6,8-10,15,18H,5,7,11-13,16H2,1-2H3,(H,24,25)/q+1/t18-/m0/s1. The molecule has 7 nitrogen and oxygen atoms in total. The predicted octanol–water partition coefficient (Wildman–Crippen LogP) is 2.15. The zero-order valence-electron chi connectivity index (χ0n) is 16.5. The lowest BCUT2D eigenvalue weighted by molar-refractivity contribution is -0.881. The van der Waals surface area contributed by atoms with Crippen molar-refractivity contribution in [3.8, 4) is 17.3 Å². The van der Waals surface area contributed by atoms with Gasteiger partial charge in [0.15, 0.2) is 6.54 Å². The molecule has 146 valence electrons. The normalized spacial score (nSPS) is 16.6. The van der Waals surface area contributed by atoms with E-state index in [4.69, 9.17) is 0 Å². The minimum Gasteiger partial charge on any atom is -0.364 e. The number of amides is 1. The fourth-order valence-corrected chi connectivity index (χ4v) is 3.43. The van der Waals surface area contributed by atoms with Crippen LogP contribution >= 0.6 is 0 Å². The summed E-state index contributed by atoms with van der Waals surface area (Å²) in [7, 11) is 4.08. The molecule has 0 saturated carbocycles. The minimum atomic E-state index is -0.259. The number of rotatable bonds is 7. The van der Waals surface area contributed by atoms with E-state index in [1.54, 1.807) is 17.3 Å². The number of likely N-dealkylation sites (tertiary alicyclic amines) is 1. The summed E-state index contributed by atoms with van der Waals surface area (Å²) in [6.07, 6.45) is 5.24. The van der Waals surface area contributed by atoms with E-state index in [9.17, 15) is 10.1 Å². The lowest BCUT2D eigenvalue weighted by atomic mass is 10.2. The van der Waals surface area contributed by atoms with Gasteiger partial charge in [-0.15, -0.1) is 0 Å². The summed E-state index contributed by atoms with van der Waals surface area (Å²) in [6, 6.07) is 11.7. The van der Waals surface area contributed by atoms with Crippen LogP contribution in [-0.4, -0.2) is 71.6 Å². The molecule has 1 N–H and O–H groups in total. The maximum Gasteiger partial charge on any atom is 0.278 e. The Hall–Kier alpha value is -2.98. The second kappa shape index (κ2) is 8.81. The van der Waals surface area contributed by atoms with E-state index in [2.05, 4.69) is 21.4 Å². The monoisotopic (exact) mass is 379 g/mol. The number of quaternary nitrogens is 1. The number of nitriles is 1. The highest BCUT2D eigenvalue weighted by Crippen LogP contribution is 2.18. The zero-order valence-corrected chi connectivity index (χ0v) is 16.5. The second-order valence-corrected chi connectivity index (χ2v) is 7.77. The first-order valence-electron chi connectivity index (χ1n) is 9.61. The molecule has 28 heavy (non-hydrogen) atoms. The number of nitrogens with zero attached hydrogens (tertiary/aromatic N) is 5. The van der Waals surface area contributed by atoms with Gasteiger partial charge in [0.2, 0.25) is 0 Å². The Kier molecular flexibility index (Phi) is 6.22. The molecule has 0 aliphatic carbocycles. The van der Waals surface area contributed by atoms with Crippen molar-refractivity contribution >= 4 is 11.7 Å². The third kappa shape index (κ3) is 5.05. The molecule has 1 amide bonds. The molecule has 2 aromatic rings. The van der Waals surface area contributed by atoms with Gasteiger partial charge in [-0.1, -0.05) is 6.07 Å². The lowest BCUT2D eigenvalue weighted by Gasteiger charge is -2.31. The van der Waals surface area contributed by atoms with Crippen LogP contribution in [0.2, 0.25) is 0 Å². The van der Waals surface area contributed by atoms with Crippen LogP contribution in [0, 0.1) is 11.3 Å². The Morgan fingerprint density at radius 2 is 2.21 bits per heavy atom. The first-order chi connectivity index (χ1) is 13.5. The van der Waals surface area contributed by atoms with Crippen LogP contribution in [0.25, 0.3) is 11.3 Å². The second-order valence-electron chi connectivity index (χ2n) is 7.77. The lowest BCUT2D eigenvalue weighted by Crippen LogP contribution is -2.51. The van der Waals surface area contributed by atoms with Crippen molar-refractivity contribution in [2.45, 2.75) is 18.9 Å². The molecule has 0 aromatic carbocycles. The van der Waals surface area contributed by atoms with Crippen LogP contribution in [0.1, 0.15) is 12.8 Å². The Labute approximate surface area is 166 Å². The molecule has 1 fully saturated rings. The van der Waals surface area contributed by atoms with Gasteiger partial charge in [-0.3, -0.25) is 9.78 Å². The van der Waals surface area contributed by atoms with E-state index in [0.29, 0.717) is 24.1 Å². The van der Waals surface area contributed by atoms with Crippen molar-refractivity contribution in [3.63, 3.8) is 0 Å². The van der Waals surface area contributed by atoms with Crippen LogP contribution in [-0.2, 0) is 4.79 Å². The van der Waals surface area contributed by atoms with E-state index in [0.717, 1.165) is 36.5 Å². The smallest absolute Gasteiger partial charge is 0.278 e. The van der Waals surface area contributed by atoms with Gasteiger partial charge in [0.1, 0.15) is 11.9 Å². The number of hydrogen-bond acceptors (Lipinski definition) is 5. The molecule has 1 atom stereocenters. The number of carbonyl (C=O) groups is 1. The maximum absolute atomic E-state index is 12.6. The summed E-state index contributed by atoms with van der Waals surface area (Å²) in [4.78, 5) is 23.1. The third-order valence-electron chi connectivity index (χ3n) is 5.02. The maximum atomic E-state index is 12.6. The van der Waals surface area contributed by atoms with Crippen molar-refractivity contribution in [3.05, 3.63) is 42.7 Å². The van der Waals surface area contributed by atoms with E-state index in [1.165, 1.54) is 0 Å². The van der Waals surface area contributed by atoms with Gasteiger partial charge in [-0.05, 0) is 37.1 Å². The summed E-state index contributed by atoms with van der Waals surface area (Å²) in [5.41, 5.74) is 1.85. The van der Waals surface area contributed by atoms with E-state index >= 15 is 0 Å². The largest absolute Gasteiger partial charge is 0.364 e. The molecular weight excluding hydrogens is 352 g/mol. The average Bonchev–Trinajstić information content (AvgIpc) is 3.17. The summed E-state index contributed by atoms with van der Waals surface area (Å²) in [5, 5.41) is 12.5. The number of nitrogens with one attached hydrogen (secondary N) is 1. The van der Waals surface area contributed by atoms with Crippen molar-refractivity contribution in [2.24, 2.45) is 0 Å². The molecule has 0 spiro atoms. The van der Waals surface area contributed by atoms with Crippen LogP contribution in [0.4, 0.5) is 5.82 Å². The summed E-state index contributed by atoms with van der Waals surface area (Å²) in [6.45, 7) is 2.56. The molecule has 1 saturated heterocycles. The Balaban J connectivity index is 1.53. The predicted molar refractivity (Wildman–Crippen MR) is 108 cm³/mol. The van der Waals surface area contributed by atoms with Gasteiger partial charge in [-0.25, -0.2) is 4.98 Å². The Morgan fingerprint density at radius 1 is 1.36 bits per heavy atom. The molecule has 0 bridgehead atoms. The van der Waals surface area contributed by atoms with Crippen molar-refractivity contribution in [1.29, 1.82) is 5.26 Å². The van der Waals surface area contributed by atoms with Gasteiger partial charge in [0.05, 0.1) is 38.9 Å². The summed E-state index contributed by atoms with van der Waals surface area (Å²) < 4.78 is 0.558. The first-order valence-corrected chi connectivity index (χ1v) is 9.61. The topological polar surface area (TPSA) is 81.9 Å². The van der Waals surface area contributed by atoms with Gasteiger partial charge >= 0.3 is 0 Å². The van der Waals surface area contributed by atoms with Crippen LogP contribution < -0.4 is 5.32 Å². The Bertz CT molecular complexity index is 845. The Morgan fingerprint density at radius 3 is 2.96 bits per heavy atom. The quantitative estimate of drug-likeness (QED) is 0.746. The molecule has 0 radical (unpaired) electrons. The number of aromatic nitrogens is 2. The van der Waals surface area contributed by atoms with E-state index in [1.807, 2.05) is 44.4 Å². The highest BCUT2D eigenvalue weighted by atomic mass is 16.2. The van der Waals surface area contributed by atoms with Crippen molar-refractivity contribution in [1.82, 2.24) is 14.9 Å². The van der Waals surface area contributed by atoms with Gasteiger partial charge in [-0.2, -0.15) is 5.26 Å². The molecule has 1 aliphatic heterocycles. The summed E-state index contributed by atoms with van der Waals surface area (Å²) >= 11 is 0. The molecule has 3 heterocycles. The highest BCUT2D eigenvalue weighted by Gasteiger charge is 2.32. The number of pyridine rings is 2. The van der Waals surface area contributed by atoms with Crippen LogP contribution in [0.15, 0.2) is 42.7 Å². The first kappa shape index (κ1) is 19.8. The molecule has 1 aliphatic rings. The SMILES string of the molecule is C[N+](C)(CCNc1cccc(-c2cccnc2)n1)CC(=O)N1CCC[C@H]1C#N. The molecular formula is C21H27N6O+. The van der Waals surface area contributed by atoms with Gasteiger partial charge in [0.25, 0.3) is 5.91 Å². The van der Waals surface area contributed by atoms with E-state index < -0.39 is 0 Å². The van der Waals surface area contributed by atoms with Gasteiger partial charge < -0.3 is 14.7 Å². The molecule has 0 unspecified atom stereocenters. The van der Waals surface area contributed by atoms with Crippen molar-refractivity contribution in [2.75, 3.05) is 45.6 Å². The minimum absolute atomic E-state index is 0.0609. The summed E-state index contributed by atoms with van der Waals surface area (Å²) in [5.74, 6) is 0.863.